The maximum absolute atomic E-state index is 12.7. The second kappa shape index (κ2) is 5.57. The third-order valence-corrected chi connectivity index (χ3v) is 2.57. The first-order chi connectivity index (χ1) is 8.69. The number of pyridine rings is 1. The highest BCUT2D eigenvalue weighted by atomic mass is 19.1. The van der Waals surface area contributed by atoms with Crippen LogP contribution in [0, 0.1) is 5.95 Å². The molecule has 96 valence electrons. The average molecular weight is 254 g/mol. The first kappa shape index (κ1) is 12.5. The smallest absolute Gasteiger partial charge is 0.333 e. The molecule has 4 nitrogen and oxygen atoms in total. The van der Waals surface area contributed by atoms with E-state index in [1.807, 2.05) is 0 Å². The number of hydrogen-bond donors (Lipinski definition) is 0. The van der Waals surface area contributed by atoms with Gasteiger partial charge in [0.2, 0.25) is 5.95 Å². The fraction of sp³-hybridized carbons (Fsp3) is 0.333. The Morgan fingerprint density at radius 1 is 1.44 bits per heavy atom. The van der Waals surface area contributed by atoms with Crippen molar-refractivity contribution in [3.05, 3.63) is 41.6 Å². The molecule has 0 aromatic carbocycles. The van der Waals surface area contributed by atoms with E-state index in [0.29, 0.717) is 12.2 Å². The Morgan fingerprint density at radius 2 is 2.28 bits per heavy atom. The predicted octanol–water partition coefficient (Wildman–Crippen LogP) is 1.43. The van der Waals surface area contributed by atoms with Crippen LogP contribution in [0.1, 0.15) is 5.56 Å². The van der Waals surface area contributed by atoms with E-state index in [9.17, 15) is 13.6 Å². The Morgan fingerprint density at radius 3 is 2.83 bits per heavy atom. The van der Waals surface area contributed by atoms with E-state index in [2.05, 4.69) is 4.98 Å². The van der Waals surface area contributed by atoms with Crippen LogP contribution < -0.4 is 0 Å². The molecule has 0 aliphatic carbocycles. The minimum Gasteiger partial charge on any atom is -0.456 e. The third-order valence-electron chi connectivity index (χ3n) is 2.57. The topological polar surface area (TPSA) is 42.4 Å². The summed E-state index contributed by atoms with van der Waals surface area (Å²) in [4.78, 5) is 16.2. The second-order valence-corrected chi connectivity index (χ2v) is 3.84. The minimum absolute atomic E-state index is 0.146. The lowest BCUT2D eigenvalue weighted by atomic mass is 10.2. The summed E-state index contributed by atoms with van der Waals surface area (Å²) in [5, 5.41) is 0. The normalized spacial score (nSPS) is 14.3. The van der Waals surface area contributed by atoms with Crippen molar-refractivity contribution in [3.8, 4) is 0 Å². The van der Waals surface area contributed by atoms with Gasteiger partial charge in [0.25, 0.3) is 0 Å². The number of cyclic esters (lactones) is 1. The number of alkyl halides is 1. The molecule has 6 heteroatoms. The number of rotatable bonds is 5. The van der Waals surface area contributed by atoms with Crippen LogP contribution in [0.25, 0.3) is 0 Å². The fourth-order valence-electron chi connectivity index (χ4n) is 1.69. The van der Waals surface area contributed by atoms with Crippen molar-refractivity contribution in [2.24, 2.45) is 0 Å². The van der Waals surface area contributed by atoms with Crippen LogP contribution in [0.3, 0.4) is 0 Å². The van der Waals surface area contributed by atoms with Crippen LogP contribution in [0.4, 0.5) is 8.78 Å². The van der Waals surface area contributed by atoms with E-state index in [-0.39, 0.29) is 13.2 Å². The summed E-state index contributed by atoms with van der Waals surface area (Å²) < 4.78 is 29.9. The lowest BCUT2D eigenvalue weighted by Crippen LogP contribution is -2.26. The van der Waals surface area contributed by atoms with Crippen molar-refractivity contribution >= 4 is 5.97 Å². The molecule has 1 aliphatic heterocycles. The maximum atomic E-state index is 12.7. The molecule has 0 radical (unpaired) electrons. The molecule has 0 amide bonds. The van der Waals surface area contributed by atoms with Gasteiger partial charge in [0.05, 0.1) is 5.70 Å². The van der Waals surface area contributed by atoms with Crippen LogP contribution in [-0.4, -0.2) is 35.7 Å². The summed E-state index contributed by atoms with van der Waals surface area (Å²) in [6.45, 7) is 0.118. The quantitative estimate of drug-likeness (QED) is 0.589. The zero-order valence-electron chi connectivity index (χ0n) is 9.60. The number of aromatic nitrogens is 1. The van der Waals surface area contributed by atoms with Crippen LogP contribution >= 0.6 is 0 Å². The number of carbonyl (C=O) groups is 1. The molecule has 0 saturated carbocycles. The van der Waals surface area contributed by atoms with Gasteiger partial charge < -0.3 is 9.64 Å². The monoisotopic (exact) mass is 254 g/mol. The van der Waals surface area contributed by atoms with Gasteiger partial charge in [0.15, 0.2) is 0 Å². The molecule has 0 spiro atoms. The Labute approximate surface area is 103 Å². The summed E-state index contributed by atoms with van der Waals surface area (Å²) in [5.74, 6) is -0.986. The molecule has 0 bridgehead atoms. The zero-order chi connectivity index (χ0) is 13.0. The molecule has 2 rings (SSSR count). The minimum atomic E-state index is -0.561. The van der Waals surface area contributed by atoms with Gasteiger partial charge in [0, 0.05) is 25.4 Å². The molecule has 1 aliphatic rings. The Bertz CT molecular complexity index is 460. The van der Waals surface area contributed by atoms with Crippen LogP contribution in [0.2, 0.25) is 0 Å². The summed E-state index contributed by atoms with van der Waals surface area (Å²) in [6, 6.07) is 2.82. The summed E-state index contributed by atoms with van der Waals surface area (Å²) >= 11 is 0. The van der Waals surface area contributed by atoms with Crippen molar-refractivity contribution in [3.63, 3.8) is 0 Å². The zero-order valence-corrected chi connectivity index (χ0v) is 9.60. The van der Waals surface area contributed by atoms with Gasteiger partial charge in [-0.25, -0.2) is 14.2 Å². The van der Waals surface area contributed by atoms with Gasteiger partial charge in [-0.2, -0.15) is 4.39 Å². The third kappa shape index (κ3) is 3.03. The van der Waals surface area contributed by atoms with Crippen molar-refractivity contribution < 1.29 is 18.3 Å². The van der Waals surface area contributed by atoms with Crippen molar-refractivity contribution in [2.75, 3.05) is 19.8 Å². The van der Waals surface area contributed by atoms with E-state index < -0.39 is 18.6 Å². The number of carbonyl (C=O) groups excluding carboxylic acids is 1. The number of nitrogens with zero attached hydrogens (tertiary/aromatic N) is 2. The van der Waals surface area contributed by atoms with Gasteiger partial charge in [0.1, 0.15) is 13.3 Å². The largest absolute Gasteiger partial charge is 0.456 e. The standard InChI is InChI=1S/C12H12F2N2O2/c13-3-4-16(10-5-12(17)18-8-10)7-9-1-2-11(14)15-6-9/h1-2,5-6H,3-4,7-8H2. The van der Waals surface area contributed by atoms with E-state index in [0.717, 1.165) is 5.56 Å². The van der Waals surface area contributed by atoms with Crippen molar-refractivity contribution in [2.45, 2.75) is 6.54 Å². The van der Waals surface area contributed by atoms with E-state index in [4.69, 9.17) is 4.74 Å². The molecule has 0 atom stereocenters. The highest BCUT2D eigenvalue weighted by Gasteiger charge is 2.19. The number of esters is 1. The Balaban J connectivity index is 2.08. The SMILES string of the molecule is O=C1C=C(N(CCF)Cc2ccc(F)nc2)CO1. The number of halogens is 2. The van der Waals surface area contributed by atoms with Crippen LogP contribution in [0.5, 0.6) is 0 Å². The highest BCUT2D eigenvalue weighted by Crippen LogP contribution is 2.15. The second-order valence-electron chi connectivity index (χ2n) is 3.84. The lowest BCUT2D eigenvalue weighted by molar-refractivity contribution is -0.135. The predicted molar refractivity (Wildman–Crippen MR) is 59.6 cm³/mol. The molecule has 0 fully saturated rings. The summed E-state index contributed by atoms with van der Waals surface area (Å²) in [5.41, 5.74) is 1.37. The molecular formula is C12H12F2N2O2. The van der Waals surface area contributed by atoms with E-state index in [1.165, 1.54) is 18.3 Å². The molecule has 18 heavy (non-hydrogen) atoms. The molecule has 0 N–H and O–H groups in total. The van der Waals surface area contributed by atoms with Gasteiger partial charge in [-0.05, 0) is 11.6 Å². The van der Waals surface area contributed by atoms with E-state index >= 15 is 0 Å². The van der Waals surface area contributed by atoms with Crippen LogP contribution in [0.15, 0.2) is 30.1 Å². The lowest BCUT2D eigenvalue weighted by Gasteiger charge is -2.23. The molecule has 0 saturated heterocycles. The number of ether oxygens (including phenoxy) is 1. The summed E-state index contributed by atoms with van der Waals surface area (Å²) in [6.07, 6.45) is 2.73. The molecule has 2 heterocycles. The molecule has 1 aromatic rings. The first-order valence-electron chi connectivity index (χ1n) is 5.47. The molecule has 1 aromatic heterocycles. The van der Waals surface area contributed by atoms with Gasteiger partial charge in [-0.15, -0.1) is 0 Å². The van der Waals surface area contributed by atoms with Crippen molar-refractivity contribution in [1.82, 2.24) is 9.88 Å². The maximum Gasteiger partial charge on any atom is 0.333 e. The number of hydrogen-bond acceptors (Lipinski definition) is 4. The van der Waals surface area contributed by atoms with Crippen LogP contribution in [-0.2, 0) is 16.1 Å². The molecular weight excluding hydrogens is 242 g/mol. The summed E-state index contributed by atoms with van der Waals surface area (Å²) in [7, 11) is 0. The highest BCUT2D eigenvalue weighted by molar-refractivity contribution is 5.85. The average Bonchev–Trinajstić information content (AvgIpc) is 2.78. The molecule has 0 unspecified atom stereocenters. The Hall–Kier alpha value is -1.98. The van der Waals surface area contributed by atoms with Gasteiger partial charge in [-0.1, -0.05) is 6.07 Å². The van der Waals surface area contributed by atoms with E-state index in [1.54, 1.807) is 11.0 Å². The van der Waals surface area contributed by atoms with Gasteiger partial charge >= 0.3 is 5.97 Å². The van der Waals surface area contributed by atoms with Gasteiger partial charge in [-0.3, -0.25) is 0 Å². The first-order valence-corrected chi connectivity index (χ1v) is 5.47. The van der Waals surface area contributed by atoms with Crippen molar-refractivity contribution in [1.29, 1.82) is 0 Å². The fourth-order valence-corrected chi connectivity index (χ4v) is 1.69. The Kier molecular flexibility index (Phi) is 3.86.